The third kappa shape index (κ3) is 13.2. The molecule has 2 heterocycles. The van der Waals surface area contributed by atoms with Crippen molar-refractivity contribution >= 4 is 56.9 Å². The first-order valence-electron chi connectivity index (χ1n) is 33.0. The highest BCUT2D eigenvalue weighted by molar-refractivity contribution is 6.88. The Morgan fingerprint density at radius 3 is 1.15 bits per heavy atom. The third-order valence-corrected chi connectivity index (χ3v) is 20.9. The molecule has 486 valence electrons. The Hall–Kier alpha value is -7.36. The summed E-state index contributed by atoms with van der Waals surface area (Å²) >= 11 is 0. The lowest BCUT2D eigenvalue weighted by Crippen LogP contribution is -2.37. The minimum Gasteiger partial charge on any atom is -0.711 e. The van der Waals surface area contributed by atoms with Gasteiger partial charge in [0.25, 0.3) is 0 Å². The molecule has 2 N–H and O–H groups in total. The predicted molar refractivity (Wildman–Crippen MR) is 391 cm³/mol. The Bertz CT molecular complexity index is 4450. The number of nitrogens with zero attached hydrogens (tertiary/aromatic N) is 2. The van der Waals surface area contributed by atoms with Gasteiger partial charge in [0.05, 0.1) is 52.6 Å². The van der Waals surface area contributed by atoms with Crippen molar-refractivity contribution in [2.75, 3.05) is 13.2 Å². The minimum absolute atomic E-state index is 0.0299. The molecule has 0 aliphatic rings. The molecule has 10 rings (SSSR count). The summed E-state index contributed by atoms with van der Waals surface area (Å²) in [6, 6.07) is 41.3. The molecule has 0 bridgehead atoms. The van der Waals surface area contributed by atoms with Gasteiger partial charge in [0.2, 0.25) is 11.5 Å². The van der Waals surface area contributed by atoms with Gasteiger partial charge in [0, 0.05) is 43.8 Å². The Labute approximate surface area is 549 Å². The fourth-order valence-electron chi connectivity index (χ4n) is 14.9. The van der Waals surface area contributed by atoms with E-state index in [9.17, 15) is 10.2 Å². The standard InChI is InChI=1S/C83H102F2N2O4Si/c1-50-26-30-60-63-33-29-59(92(22,23)24)47-71(63)86(68(60)36-50)72-43-55(82(16,17)48-78(4,5)6)39-64(74(72)88)66-45-57(84)37-51(2)76(66)90(20)34-25-35-91(21)77-52(3)38-58(85)46-67(77)65-40-56(83(18,19)49-79(7,8)9)44-73(75(65)89)87-69-41-53(80(10,11)12)27-31-61(69)62-32-28-54(42-70(62)87)81(13,14)15/h26-33,36-47,88-89H,20-21,25,34-35,48-49H2,1-19,22-24H3. The van der Waals surface area contributed by atoms with Gasteiger partial charge in [0.1, 0.15) is 29.6 Å². The maximum atomic E-state index is 16.4. The summed E-state index contributed by atoms with van der Waals surface area (Å²) in [5.41, 5.74) is 12.7. The molecule has 2 aromatic heterocycles. The number of aryl methyl sites for hydroxylation is 3. The van der Waals surface area contributed by atoms with Crippen LogP contribution in [0.3, 0.4) is 0 Å². The van der Waals surface area contributed by atoms with E-state index in [-0.39, 0.29) is 38.6 Å². The number of hydrogen-bond donors (Lipinski definition) is 2. The lowest BCUT2D eigenvalue weighted by Gasteiger charge is -2.35. The van der Waals surface area contributed by atoms with Gasteiger partial charge in [-0.1, -0.05) is 184 Å². The zero-order chi connectivity index (χ0) is 67.7. The molecule has 10 aromatic rings. The number of fused-ring (bicyclic) bond motifs is 6. The van der Waals surface area contributed by atoms with Crippen LogP contribution in [0.5, 0.6) is 23.0 Å². The minimum atomic E-state index is -1.80. The molecule has 0 amide bonds. The predicted octanol–water partition coefficient (Wildman–Crippen LogP) is 23.6. The first-order valence-corrected chi connectivity index (χ1v) is 36.5. The second-order valence-corrected chi connectivity index (χ2v) is 38.7. The second kappa shape index (κ2) is 23.6. The van der Waals surface area contributed by atoms with Gasteiger partial charge in [-0.3, -0.25) is 0 Å². The largest absolute Gasteiger partial charge is 0.711 e. The maximum Gasteiger partial charge on any atom is 0.237 e. The smallest absolute Gasteiger partial charge is 0.237 e. The van der Waals surface area contributed by atoms with Crippen LogP contribution in [0.25, 0.3) is 77.2 Å². The lowest BCUT2D eigenvalue weighted by molar-refractivity contribution is -0.0170. The van der Waals surface area contributed by atoms with Crippen molar-refractivity contribution < 1.29 is 27.7 Å². The van der Waals surface area contributed by atoms with Crippen LogP contribution < -0.4 is 5.19 Å². The zero-order valence-electron chi connectivity index (χ0n) is 59.4. The summed E-state index contributed by atoms with van der Waals surface area (Å²) < 4.78 is 43.4. The molecule has 0 saturated carbocycles. The molecule has 6 nitrogen and oxygen atoms in total. The van der Waals surface area contributed by atoms with Gasteiger partial charge < -0.3 is 28.1 Å². The third-order valence-electron chi connectivity index (χ3n) is 18.9. The second-order valence-electron chi connectivity index (χ2n) is 33.6. The molecule has 0 radical (unpaired) electrons. The van der Waals surface area contributed by atoms with Crippen LogP contribution in [0.15, 0.2) is 121 Å². The molecule has 0 fully saturated rings. The molecule has 0 aliphatic carbocycles. The molecule has 8 aromatic carbocycles. The summed E-state index contributed by atoms with van der Waals surface area (Å²) in [5, 5.41) is 32.2. The number of rotatable bonds is 15. The van der Waals surface area contributed by atoms with E-state index < -0.39 is 25.1 Å². The van der Waals surface area contributed by atoms with E-state index in [4.69, 9.17) is 0 Å². The Kier molecular flexibility index (Phi) is 17.3. The normalized spacial score (nSPS) is 13.2. The van der Waals surface area contributed by atoms with Crippen molar-refractivity contribution in [3.63, 3.8) is 0 Å². The molecule has 0 atom stereocenters. The summed E-state index contributed by atoms with van der Waals surface area (Å²) in [5.74, 6) is 0.423. The van der Waals surface area contributed by atoms with Crippen LogP contribution in [0.4, 0.5) is 8.78 Å². The number of halogens is 2. The molecule has 0 spiro atoms. The monoisotopic (exact) mass is 1260 g/mol. The number of aromatic hydroxyl groups is 2. The van der Waals surface area contributed by atoms with E-state index in [1.54, 1.807) is 0 Å². The quantitative estimate of drug-likeness (QED) is 0.0611. The molecule has 0 aliphatic heterocycles. The van der Waals surface area contributed by atoms with Gasteiger partial charge in [-0.2, -0.15) is 0 Å². The molecule has 0 unspecified atom stereocenters. The first kappa shape index (κ1) is 67.5. The van der Waals surface area contributed by atoms with E-state index >= 15 is 8.78 Å². The van der Waals surface area contributed by atoms with Crippen molar-refractivity contribution in [1.82, 2.24) is 9.13 Å². The van der Waals surface area contributed by atoms with Gasteiger partial charge in [-0.25, -0.2) is 8.78 Å². The number of aromatic nitrogens is 2. The summed E-state index contributed by atoms with van der Waals surface area (Å²) in [6.07, 6.45) is 2.14. The van der Waals surface area contributed by atoms with E-state index in [0.717, 1.165) is 73.1 Å². The highest BCUT2D eigenvalue weighted by Crippen LogP contribution is 2.53. The van der Waals surface area contributed by atoms with Crippen molar-refractivity contribution in [3.8, 4) is 56.6 Å². The Balaban J connectivity index is 1.09. The Morgan fingerprint density at radius 2 is 0.783 bits per heavy atom. The van der Waals surface area contributed by atoms with Crippen LogP contribution >= 0.6 is 0 Å². The zero-order valence-corrected chi connectivity index (χ0v) is 60.4. The maximum absolute atomic E-state index is 16.4. The molecule has 9 heteroatoms. The van der Waals surface area contributed by atoms with E-state index in [2.05, 4.69) is 266 Å². The van der Waals surface area contributed by atoms with Crippen molar-refractivity contribution in [1.29, 1.82) is 0 Å². The number of phenols is 2. The highest BCUT2D eigenvalue weighted by Gasteiger charge is 2.35. The van der Waals surface area contributed by atoms with Crippen molar-refractivity contribution in [2.45, 2.75) is 192 Å². The lowest BCUT2D eigenvalue weighted by atomic mass is 9.71. The van der Waals surface area contributed by atoms with E-state index in [1.807, 2.05) is 13.8 Å². The van der Waals surface area contributed by atoms with E-state index in [1.165, 1.54) is 40.6 Å². The molecular formula is C83H102F2N2O4Si. The number of hydrogen-bond acceptors (Lipinski definition) is 2. The average molecular weight is 1260 g/mol. The van der Waals surface area contributed by atoms with Crippen LogP contribution in [-0.2, 0) is 30.4 Å². The van der Waals surface area contributed by atoms with Crippen LogP contribution in [0.1, 0.15) is 169 Å². The van der Waals surface area contributed by atoms with Crippen LogP contribution in [0, 0.1) is 57.5 Å². The van der Waals surface area contributed by atoms with Crippen LogP contribution in [0.2, 0.25) is 19.6 Å². The first-order chi connectivity index (χ1) is 42.4. The van der Waals surface area contributed by atoms with Gasteiger partial charge >= 0.3 is 0 Å². The fraction of sp³-hybridized carbons (Fsp3) is 0.398. The van der Waals surface area contributed by atoms with Gasteiger partial charge in [-0.05, 0) is 181 Å². The summed E-state index contributed by atoms with van der Waals surface area (Å²) in [7, 11) is 7.39. The fourth-order valence-corrected chi connectivity index (χ4v) is 16.1. The molecular weight excluding hydrogens is 1160 g/mol. The molecule has 0 saturated heterocycles. The number of phenolic OH excluding ortho intramolecular Hbond substituents is 2. The summed E-state index contributed by atoms with van der Waals surface area (Å²) in [4.78, 5) is 0. The van der Waals surface area contributed by atoms with E-state index in [0.29, 0.717) is 75.9 Å². The summed E-state index contributed by atoms with van der Waals surface area (Å²) in [6.45, 7) is 49.5. The highest BCUT2D eigenvalue weighted by atomic mass is 28.3. The van der Waals surface area contributed by atoms with Crippen molar-refractivity contribution in [2.24, 2.45) is 10.8 Å². The average Bonchev–Trinajstić information content (AvgIpc) is 1.51. The van der Waals surface area contributed by atoms with Gasteiger partial charge in [0.15, 0.2) is 13.2 Å². The topological polar surface area (TPSA) is 55.7 Å². The van der Waals surface area contributed by atoms with Crippen LogP contribution in [-0.4, -0.2) is 40.6 Å². The Morgan fingerprint density at radius 1 is 0.424 bits per heavy atom. The SMILES string of the molecule is [CH2-][O+](CCC[O+]([CH2-])c1c(C)cc(F)cc1-c1cc(C(C)(C)CC(C)(C)C)cc(-n2c3cc(C)ccc3c3ccc([Si](C)(C)C)cc32)c1O)c1c(C)cc(F)cc1-c1cc(C(C)(C)CC(C)(C)C)cc(-n2c3cc(C(C)(C)C)ccc3c3ccc(C(C)(C)C)cc32)c1O. The van der Waals surface area contributed by atoms with Gasteiger partial charge in [-0.15, -0.1) is 0 Å². The van der Waals surface area contributed by atoms with Crippen molar-refractivity contribution in [3.05, 3.63) is 186 Å². The molecule has 92 heavy (non-hydrogen) atoms. The number of benzene rings is 8.